The van der Waals surface area contributed by atoms with E-state index in [9.17, 15) is 18.7 Å². The average molecular weight is 530 g/mol. The molecule has 0 aliphatic heterocycles. The van der Waals surface area contributed by atoms with E-state index in [1.165, 1.54) is 84.2 Å². The topological polar surface area (TPSA) is 85.8 Å². The number of thiophene rings is 1. The summed E-state index contributed by atoms with van der Waals surface area (Å²) in [6.45, 7) is 1.74. The normalized spacial score (nSPS) is 13.3. The molecule has 4 rings (SSSR count). The molecule has 3 heterocycles. The molecule has 37 heavy (non-hydrogen) atoms. The minimum absolute atomic E-state index is 0.142. The van der Waals surface area contributed by atoms with Crippen LogP contribution in [0.4, 0.5) is 8.78 Å². The van der Waals surface area contributed by atoms with Gasteiger partial charge in [0, 0.05) is 16.5 Å². The van der Waals surface area contributed by atoms with E-state index in [0.717, 1.165) is 30.2 Å². The first-order valence-corrected chi connectivity index (χ1v) is 13.7. The van der Waals surface area contributed by atoms with Gasteiger partial charge in [-0.2, -0.15) is 5.10 Å². The van der Waals surface area contributed by atoms with Crippen LogP contribution < -0.4 is 5.56 Å². The van der Waals surface area contributed by atoms with Gasteiger partial charge in [0.05, 0.1) is 24.8 Å². The Morgan fingerprint density at radius 1 is 1.00 bits per heavy atom. The zero-order valence-electron chi connectivity index (χ0n) is 21.1. The van der Waals surface area contributed by atoms with Crippen molar-refractivity contribution in [3.63, 3.8) is 0 Å². The zero-order chi connectivity index (χ0) is 26.3. The molecular weight excluding hydrogens is 496 g/mol. The Kier molecular flexibility index (Phi) is 9.15. The van der Waals surface area contributed by atoms with E-state index in [1.807, 2.05) is 6.07 Å². The third-order valence-corrected chi connectivity index (χ3v) is 7.70. The standard InChI is InChI=1S/C27H33F2N5O2S/c1-2-3-4-5-6-7-8-9-10-21-14-22-25(37-21)31-19-33(26(22)35)15-27(36,16-34-18-30-17-32-34)23-12-11-20(28)13-24(23)29/h11-14,17-19,36H,2-10,15-16H2,1H3. The lowest BCUT2D eigenvalue weighted by atomic mass is 9.92. The maximum atomic E-state index is 14.7. The third-order valence-electron chi connectivity index (χ3n) is 6.60. The van der Waals surface area contributed by atoms with E-state index >= 15 is 0 Å². The monoisotopic (exact) mass is 529 g/mol. The molecule has 1 aromatic carbocycles. The smallest absolute Gasteiger partial charge is 0.262 e. The summed E-state index contributed by atoms with van der Waals surface area (Å²) in [5, 5.41) is 16.1. The van der Waals surface area contributed by atoms with Crippen LogP contribution in [0.5, 0.6) is 0 Å². The largest absolute Gasteiger partial charge is 0.381 e. The van der Waals surface area contributed by atoms with Gasteiger partial charge in [0.25, 0.3) is 5.56 Å². The first-order valence-electron chi connectivity index (χ1n) is 12.9. The van der Waals surface area contributed by atoms with Crippen molar-refractivity contribution in [3.8, 4) is 0 Å². The molecule has 0 bridgehead atoms. The SMILES string of the molecule is CCCCCCCCCCc1cc2c(=O)n(CC(O)(Cn3cncn3)c3ccc(F)cc3F)cnc2s1. The summed E-state index contributed by atoms with van der Waals surface area (Å²) in [6.07, 6.45) is 14.8. The summed E-state index contributed by atoms with van der Waals surface area (Å²) in [5.41, 5.74) is -2.36. The minimum atomic E-state index is -1.90. The lowest BCUT2D eigenvalue weighted by Crippen LogP contribution is -2.40. The van der Waals surface area contributed by atoms with Gasteiger partial charge in [0.15, 0.2) is 0 Å². The summed E-state index contributed by atoms with van der Waals surface area (Å²) in [7, 11) is 0. The Balaban J connectivity index is 1.50. The molecular formula is C27H33F2N5O2S. The number of nitrogens with zero attached hydrogens (tertiary/aromatic N) is 5. The van der Waals surface area contributed by atoms with Gasteiger partial charge in [0.1, 0.15) is 34.7 Å². The summed E-state index contributed by atoms with van der Waals surface area (Å²) in [6, 6.07) is 4.85. The van der Waals surface area contributed by atoms with Gasteiger partial charge in [-0.15, -0.1) is 11.3 Å². The van der Waals surface area contributed by atoms with Crippen LogP contribution in [-0.4, -0.2) is 29.4 Å². The molecule has 10 heteroatoms. The van der Waals surface area contributed by atoms with E-state index in [0.29, 0.717) is 16.3 Å². The second kappa shape index (κ2) is 12.5. The quantitative estimate of drug-likeness (QED) is 0.215. The molecule has 7 nitrogen and oxygen atoms in total. The Hall–Kier alpha value is -2.98. The first-order chi connectivity index (χ1) is 17.9. The van der Waals surface area contributed by atoms with E-state index < -0.39 is 17.2 Å². The minimum Gasteiger partial charge on any atom is -0.381 e. The molecule has 0 aliphatic rings. The molecule has 3 aromatic heterocycles. The predicted molar refractivity (Wildman–Crippen MR) is 140 cm³/mol. The summed E-state index contributed by atoms with van der Waals surface area (Å²) in [4.78, 5) is 23.4. The maximum Gasteiger partial charge on any atom is 0.262 e. The molecule has 4 aromatic rings. The molecule has 0 spiro atoms. The van der Waals surface area contributed by atoms with Crippen molar-refractivity contribution in [2.75, 3.05) is 0 Å². The van der Waals surface area contributed by atoms with E-state index in [1.54, 1.807) is 0 Å². The number of aryl methyl sites for hydroxylation is 1. The van der Waals surface area contributed by atoms with Crippen LogP contribution in [0.25, 0.3) is 10.2 Å². The van der Waals surface area contributed by atoms with Crippen molar-refractivity contribution in [1.29, 1.82) is 0 Å². The molecule has 0 radical (unpaired) electrons. The molecule has 0 saturated heterocycles. The molecule has 0 aliphatic carbocycles. The van der Waals surface area contributed by atoms with Gasteiger partial charge in [0.2, 0.25) is 0 Å². The van der Waals surface area contributed by atoms with E-state index in [4.69, 9.17) is 0 Å². The van der Waals surface area contributed by atoms with Gasteiger partial charge in [-0.25, -0.2) is 23.4 Å². The number of benzene rings is 1. The summed E-state index contributed by atoms with van der Waals surface area (Å²) >= 11 is 1.51. The highest BCUT2D eigenvalue weighted by molar-refractivity contribution is 7.18. The van der Waals surface area contributed by atoms with Crippen molar-refractivity contribution >= 4 is 21.6 Å². The van der Waals surface area contributed by atoms with Crippen molar-refractivity contribution < 1.29 is 13.9 Å². The highest BCUT2D eigenvalue weighted by Crippen LogP contribution is 2.29. The lowest BCUT2D eigenvalue weighted by molar-refractivity contribution is -0.00640. The van der Waals surface area contributed by atoms with E-state index in [-0.39, 0.29) is 24.2 Å². The van der Waals surface area contributed by atoms with Crippen LogP contribution in [0.2, 0.25) is 0 Å². The Labute approximate surface area is 218 Å². The highest BCUT2D eigenvalue weighted by atomic mass is 32.1. The van der Waals surface area contributed by atoms with Gasteiger partial charge < -0.3 is 5.11 Å². The van der Waals surface area contributed by atoms with Crippen LogP contribution in [0.15, 0.2) is 48.0 Å². The van der Waals surface area contributed by atoms with Crippen molar-refractivity contribution in [2.45, 2.75) is 83.4 Å². The van der Waals surface area contributed by atoms with E-state index in [2.05, 4.69) is 22.0 Å². The molecule has 0 fully saturated rings. The van der Waals surface area contributed by atoms with Crippen LogP contribution in [0.3, 0.4) is 0 Å². The molecule has 1 atom stereocenters. The fourth-order valence-electron chi connectivity index (χ4n) is 4.63. The fraction of sp³-hybridized carbons (Fsp3) is 0.481. The second-order valence-electron chi connectivity index (χ2n) is 9.58. The van der Waals surface area contributed by atoms with Crippen molar-refractivity contribution in [3.05, 3.63) is 75.7 Å². The highest BCUT2D eigenvalue weighted by Gasteiger charge is 2.35. The van der Waals surface area contributed by atoms with Gasteiger partial charge in [-0.3, -0.25) is 9.36 Å². The third kappa shape index (κ3) is 6.87. The number of fused-ring (bicyclic) bond motifs is 1. The number of rotatable bonds is 14. The summed E-state index contributed by atoms with van der Waals surface area (Å²) < 4.78 is 30.9. The zero-order valence-corrected chi connectivity index (χ0v) is 21.9. The summed E-state index contributed by atoms with van der Waals surface area (Å²) in [5.74, 6) is -1.67. The van der Waals surface area contributed by atoms with Gasteiger partial charge in [-0.05, 0) is 25.0 Å². The molecule has 0 saturated carbocycles. The molecule has 0 amide bonds. The van der Waals surface area contributed by atoms with Crippen LogP contribution in [0, 0.1) is 11.6 Å². The van der Waals surface area contributed by atoms with Gasteiger partial charge in [-0.1, -0.05) is 57.9 Å². The predicted octanol–water partition coefficient (Wildman–Crippen LogP) is 5.60. The van der Waals surface area contributed by atoms with Gasteiger partial charge >= 0.3 is 0 Å². The first kappa shape index (κ1) is 27.1. The van der Waals surface area contributed by atoms with Crippen LogP contribution in [-0.2, 0) is 25.1 Å². The number of unbranched alkanes of at least 4 members (excludes halogenated alkanes) is 7. The van der Waals surface area contributed by atoms with Crippen LogP contribution in [0.1, 0.15) is 68.7 Å². The second-order valence-corrected chi connectivity index (χ2v) is 10.7. The maximum absolute atomic E-state index is 14.7. The number of halogens is 2. The van der Waals surface area contributed by atoms with Crippen molar-refractivity contribution in [2.24, 2.45) is 0 Å². The Morgan fingerprint density at radius 2 is 1.76 bits per heavy atom. The van der Waals surface area contributed by atoms with Crippen molar-refractivity contribution in [1.82, 2.24) is 24.3 Å². The fourth-order valence-corrected chi connectivity index (χ4v) is 5.66. The molecule has 1 unspecified atom stereocenters. The van der Waals surface area contributed by atoms with Crippen LogP contribution >= 0.6 is 11.3 Å². The average Bonchev–Trinajstić information content (AvgIpc) is 3.52. The lowest BCUT2D eigenvalue weighted by Gasteiger charge is -2.29. The number of hydrogen-bond acceptors (Lipinski definition) is 6. The number of hydrogen-bond donors (Lipinski definition) is 1. The number of aromatic nitrogens is 5. The Morgan fingerprint density at radius 3 is 2.46 bits per heavy atom. The Bertz CT molecular complexity index is 1350. The molecule has 1 N–H and O–H groups in total. The molecule has 198 valence electrons. The number of aliphatic hydroxyl groups is 1.